The van der Waals surface area contributed by atoms with Crippen molar-refractivity contribution < 1.29 is 0 Å². The number of rotatable bonds is 7. The maximum absolute atomic E-state index is 4.33. The Kier molecular flexibility index (Phi) is 5.60. The SMILES string of the molecule is CCc1ccc(Nc2nnc(SCCc3ccccn3)s2)cc1. The molecule has 0 aliphatic heterocycles. The molecule has 1 N–H and O–H groups in total. The first-order valence-electron chi connectivity index (χ1n) is 7.55. The van der Waals surface area contributed by atoms with Crippen molar-refractivity contribution in [1.29, 1.82) is 0 Å². The quantitative estimate of drug-likeness (QED) is 0.637. The zero-order valence-electron chi connectivity index (χ0n) is 12.9. The molecular formula is C17H18N4S2. The van der Waals surface area contributed by atoms with Crippen LogP contribution in [-0.2, 0) is 12.8 Å². The Morgan fingerprint density at radius 2 is 1.96 bits per heavy atom. The zero-order chi connectivity index (χ0) is 15.9. The van der Waals surface area contributed by atoms with Gasteiger partial charge in [-0.25, -0.2) is 0 Å². The van der Waals surface area contributed by atoms with Crippen LogP contribution in [0.4, 0.5) is 10.8 Å². The summed E-state index contributed by atoms with van der Waals surface area (Å²) in [5, 5.41) is 12.6. The Morgan fingerprint density at radius 3 is 2.70 bits per heavy atom. The van der Waals surface area contributed by atoms with Gasteiger partial charge in [0, 0.05) is 23.3 Å². The van der Waals surface area contributed by atoms with Gasteiger partial charge in [-0.1, -0.05) is 48.2 Å². The van der Waals surface area contributed by atoms with E-state index in [1.807, 2.05) is 24.4 Å². The third-order valence-electron chi connectivity index (χ3n) is 3.33. The number of benzene rings is 1. The normalized spacial score (nSPS) is 10.7. The van der Waals surface area contributed by atoms with Crippen molar-refractivity contribution in [3.63, 3.8) is 0 Å². The molecule has 0 unspecified atom stereocenters. The van der Waals surface area contributed by atoms with Crippen LogP contribution in [0.15, 0.2) is 53.0 Å². The highest BCUT2D eigenvalue weighted by Gasteiger charge is 2.05. The Morgan fingerprint density at radius 1 is 1.09 bits per heavy atom. The molecule has 0 saturated heterocycles. The molecule has 0 radical (unpaired) electrons. The van der Waals surface area contributed by atoms with Gasteiger partial charge in [-0.05, 0) is 42.7 Å². The van der Waals surface area contributed by atoms with Gasteiger partial charge in [-0.2, -0.15) is 0 Å². The summed E-state index contributed by atoms with van der Waals surface area (Å²) in [6.45, 7) is 2.15. The number of hydrogen-bond donors (Lipinski definition) is 1. The molecule has 0 aliphatic carbocycles. The van der Waals surface area contributed by atoms with Crippen molar-refractivity contribution in [3.8, 4) is 0 Å². The van der Waals surface area contributed by atoms with Crippen LogP contribution in [0, 0.1) is 0 Å². The molecule has 118 valence electrons. The van der Waals surface area contributed by atoms with E-state index in [9.17, 15) is 0 Å². The van der Waals surface area contributed by atoms with Gasteiger partial charge in [0.1, 0.15) is 0 Å². The molecular weight excluding hydrogens is 324 g/mol. The predicted octanol–water partition coefficient (Wildman–Crippen LogP) is 4.57. The molecule has 0 aliphatic rings. The third-order valence-corrected chi connectivity index (χ3v) is 5.30. The second-order valence-corrected chi connectivity index (χ2v) is 7.29. The fourth-order valence-corrected chi connectivity index (χ4v) is 3.86. The maximum Gasteiger partial charge on any atom is 0.210 e. The molecule has 2 heterocycles. The lowest BCUT2D eigenvalue weighted by Crippen LogP contribution is -1.91. The number of anilines is 2. The van der Waals surface area contributed by atoms with E-state index in [0.717, 1.165) is 39.4 Å². The lowest BCUT2D eigenvalue weighted by atomic mass is 10.1. The van der Waals surface area contributed by atoms with Crippen LogP contribution in [0.5, 0.6) is 0 Å². The standard InChI is InChI=1S/C17H18N4S2/c1-2-13-6-8-15(9-7-13)19-16-20-21-17(23-16)22-12-10-14-5-3-4-11-18-14/h3-9,11H,2,10,12H2,1H3,(H,19,20). The van der Waals surface area contributed by atoms with E-state index < -0.39 is 0 Å². The highest BCUT2D eigenvalue weighted by molar-refractivity contribution is 8.01. The fraction of sp³-hybridized carbons (Fsp3) is 0.235. The van der Waals surface area contributed by atoms with E-state index in [-0.39, 0.29) is 0 Å². The van der Waals surface area contributed by atoms with Gasteiger partial charge in [0.25, 0.3) is 0 Å². The first-order chi connectivity index (χ1) is 11.3. The monoisotopic (exact) mass is 342 g/mol. The van der Waals surface area contributed by atoms with Crippen molar-refractivity contribution >= 4 is 33.9 Å². The lowest BCUT2D eigenvalue weighted by Gasteiger charge is -2.02. The molecule has 2 aromatic heterocycles. The van der Waals surface area contributed by atoms with Crippen molar-refractivity contribution in [1.82, 2.24) is 15.2 Å². The minimum absolute atomic E-state index is 0.828. The first kappa shape index (κ1) is 16.0. The average Bonchev–Trinajstić information content (AvgIpc) is 3.04. The molecule has 0 atom stereocenters. The smallest absolute Gasteiger partial charge is 0.210 e. The van der Waals surface area contributed by atoms with E-state index in [1.54, 1.807) is 23.1 Å². The van der Waals surface area contributed by atoms with Gasteiger partial charge in [-0.3, -0.25) is 4.98 Å². The van der Waals surface area contributed by atoms with Crippen LogP contribution in [0.2, 0.25) is 0 Å². The zero-order valence-corrected chi connectivity index (χ0v) is 14.5. The first-order valence-corrected chi connectivity index (χ1v) is 9.36. The van der Waals surface area contributed by atoms with Gasteiger partial charge >= 0.3 is 0 Å². The predicted molar refractivity (Wildman–Crippen MR) is 97.7 cm³/mol. The summed E-state index contributed by atoms with van der Waals surface area (Å²) in [4.78, 5) is 4.33. The molecule has 0 saturated carbocycles. The van der Waals surface area contributed by atoms with Gasteiger partial charge in [-0.15, -0.1) is 10.2 Å². The number of aryl methyl sites for hydroxylation is 2. The average molecular weight is 342 g/mol. The molecule has 23 heavy (non-hydrogen) atoms. The van der Waals surface area contributed by atoms with Gasteiger partial charge in [0.15, 0.2) is 4.34 Å². The minimum Gasteiger partial charge on any atom is -0.330 e. The van der Waals surface area contributed by atoms with Crippen LogP contribution in [0.3, 0.4) is 0 Å². The van der Waals surface area contributed by atoms with Crippen LogP contribution in [0.1, 0.15) is 18.2 Å². The summed E-state index contributed by atoms with van der Waals surface area (Å²) in [5.41, 5.74) is 3.49. The molecule has 1 aromatic carbocycles. The molecule has 0 amide bonds. The molecule has 3 aromatic rings. The minimum atomic E-state index is 0.828. The van der Waals surface area contributed by atoms with E-state index in [4.69, 9.17) is 0 Å². The molecule has 3 rings (SSSR count). The van der Waals surface area contributed by atoms with Crippen LogP contribution in [-0.4, -0.2) is 20.9 Å². The molecule has 0 spiro atoms. The van der Waals surface area contributed by atoms with Crippen LogP contribution in [0.25, 0.3) is 0 Å². The Hall–Kier alpha value is -1.92. The van der Waals surface area contributed by atoms with Crippen LogP contribution >= 0.6 is 23.1 Å². The van der Waals surface area contributed by atoms with Crippen molar-refractivity contribution in [2.24, 2.45) is 0 Å². The Labute approximate surface area is 144 Å². The van der Waals surface area contributed by atoms with Crippen molar-refractivity contribution in [3.05, 3.63) is 59.9 Å². The number of nitrogens with one attached hydrogen (secondary N) is 1. The molecule has 6 heteroatoms. The number of aromatic nitrogens is 3. The fourth-order valence-electron chi connectivity index (χ4n) is 2.05. The summed E-state index contributed by atoms with van der Waals surface area (Å²) in [5.74, 6) is 0.955. The maximum atomic E-state index is 4.33. The summed E-state index contributed by atoms with van der Waals surface area (Å²) in [6, 6.07) is 14.4. The number of thioether (sulfide) groups is 1. The Balaban J connectivity index is 1.51. The van der Waals surface area contributed by atoms with Gasteiger partial charge in [0.05, 0.1) is 0 Å². The Bertz CT molecular complexity index is 726. The topological polar surface area (TPSA) is 50.7 Å². The van der Waals surface area contributed by atoms with E-state index in [2.05, 4.69) is 51.7 Å². The number of hydrogen-bond acceptors (Lipinski definition) is 6. The van der Waals surface area contributed by atoms with Crippen molar-refractivity contribution in [2.75, 3.05) is 11.1 Å². The van der Waals surface area contributed by atoms with Gasteiger partial charge in [0.2, 0.25) is 5.13 Å². The van der Waals surface area contributed by atoms with Crippen LogP contribution < -0.4 is 5.32 Å². The second-order valence-electron chi connectivity index (χ2n) is 4.97. The highest BCUT2D eigenvalue weighted by Crippen LogP contribution is 2.28. The molecule has 0 fully saturated rings. The highest BCUT2D eigenvalue weighted by atomic mass is 32.2. The van der Waals surface area contributed by atoms with E-state index in [1.165, 1.54) is 5.56 Å². The van der Waals surface area contributed by atoms with E-state index >= 15 is 0 Å². The summed E-state index contributed by atoms with van der Waals surface area (Å²) >= 11 is 3.30. The second kappa shape index (κ2) is 8.08. The van der Waals surface area contributed by atoms with Crippen molar-refractivity contribution in [2.45, 2.75) is 24.1 Å². The number of nitrogens with zero attached hydrogens (tertiary/aromatic N) is 3. The molecule has 0 bridgehead atoms. The summed E-state index contributed by atoms with van der Waals surface area (Å²) in [7, 11) is 0. The molecule has 4 nitrogen and oxygen atoms in total. The summed E-state index contributed by atoms with van der Waals surface area (Å²) < 4.78 is 0.980. The van der Waals surface area contributed by atoms with Gasteiger partial charge < -0.3 is 5.32 Å². The number of pyridine rings is 1. The third kappa shape index (κ3) is 4.77. The largest absolute Gasteiger partial charge is 0.330 e. The summed E-state index contributed by atoms with van der Waals surface area (Å²) in [6.07, 6.45) is 3.82. The van der Waals surface area contributed by atoms with E-state index in [0.29, 0.717) is 0 Å². The lowest BCUT2D eigenvalue weighted by molar-refractivity contribution is 1.00.